The summed E-state index contributed by atoms with van der Waals surface area (Å²) in [6, 6.07) is 7.31. The van der Waals surface area contributed by atoms with Crippen molar-refractivity contribution < 1.29 is 63.9 Å². The van der Waals surface area contributed by atoms with Crippen LogP contribution >= 0.6 is 12.2 Å². The van der Waals surface area contributed by atoms with Gasteiger partial charge in [-0.3, -0.25) is 13.8 Å². The molecule has 16 heteroatoms. The number of thiocarbonyl (C=S) groups is 1. The van der Waals surface area contributed by atoms with Gasteiger partial charge in [-0.2, -0.15) is 16.8 Å². The molecule has 0 bridgehead atoms. The molecule has 174 valence electrons. The van der Waals surface area contributed by atoms with E-state index >= 15 is 0 Å². The number of anilines is 2. The Morgan fingerprint density at radius 2 is 1.27 bits per heavy atom. The predicted molar refractivity (Wildman–Crippen MR) is 125 cm³/mol. The maximum atomic E-state index is 11.8. The average Bonchev–Trinajstić information content (AvgIpc) is 2.64. The monoisotopic (exact) mass is 544 g/mol. The number of nitrogens with one attached hydrogen (secondary N) is 3. The van der Waals surface area contributed by atoms with Gasteiger partial charge in [-0.05, 0) is 47.6 Å². The zero-order valence-electron chi connectivity index (χ0n) is 17.6. The van der Waals surface area contributed by atoms with Crippen LogP contribution in [-0.4, -0.2) is 52.8 Å². The smallest absolute Gasteiger partial charge is 0.366 e. The Balaban J connectivity index is 0.00000544. The molecule has 2 rings (SSSR count). The zero-order chi connectivity index (χ0) is 24.3. The number of benzene rings is 2. The van der Waals surface area contributed by atoms with E-state index in [4.69, 9.17) is 12.2 Å². The van der Waals surface area contributed by atoms with Gasteiger partial charge in [0.2, 0.25) is 10.0 Å². The number of hydrogen-bond acceptors (Lipinski definition) is 7. The van der Waals surface area contributed by atoms with Gasteiger partial charge in [0.25, 0.3) is 20.2 Å². The molecule has 0 aliphatic carbocycles. The molecule has 0 saturated heterocycles. The van der Waals surface area contributed by atoms with Crippen LogP contribution < -0.4 is 44.9 Å². The number of rotatable bonds is 7. The van der Waals surface area contributed by atoms with E-state index in [1.807, 2.05) is 0 Å². The molecular formula is C17H19N3NaO8S4+. The third kappa shape index (κ3) is 8.95. The van der Waals surface area contributed by atoms with Crippen LogP contribution in [0, 0.1) is 0 Å². The van der Waals surface area contributed by atoms with E-state index in [-0.39, 0.29) is 57.2 Å². The minimum atomic E-state index is -4.76. The summed E-state index contributed by atoms with van der Waals surface area (Å²) in [6.45, 7) is 0. The van der Waals surface area contributed by atoms with Crippen molar-refractivity contribution in [3.8, 4) is 0 Å². The van der Waals surface area contributed by atoms with E-state index in [0.29, 0.717) is 0 Å². The third-order valence-electron chi connectivity index (χ3n) is 3.81. The van der Waals surface area contributed by atoms with E-state index in [1.165, 1.54) is 36.4 Å². The largest absolute Gasteiger partial charge is 1.00 e. The fourth-order valence-electron chi connectivity index (χ4n) is 2.52. The van der Waals surface area contributed by atoms with Gasteiger partial charge in [0.1, 0.15) is 9.79 Å². The van der Waals surface area contributed by atoms with Gasteiger partial charge in [0.15, 0.2) is 5.11 Å². The molecule has 0 fully saturated rings. The standard InChI is InChI=1S/C17H19N3O8S4.Na/c1-18-17(29)19-13-7-5-11(15(9-13)31(23,24)25)3-4-12-6-8-14(20-30(2,21)22)10-16(12)32(26,27)28;/h3-10,20H,1-2H3,(H2,18,19,29)(H,23,24,25)(H,26,27,28);/q;+1/b4-3+;. The van der Waals surface area contributed by atoms with Crippen LogP contribution in [0.3, 0.4) is 0 Å². The summed E-state index contributed by atoms with van der Waals surface area (Å²) in [5.41, 5.74) is 0.107. The van der Waals surface area contributed by atoms with Crippen LogP contribution in [0.5, 0.6) is 0 Å². The Labute approximate surface area is 219 Å². The van der Waals surface area contributed by atoms with Crippen LogP contribution in [0.1, 0.15) is 11.1 Å². The minimum absolute atomic E-state index is 0. The fraction of sp³-hybridized carbons (Fsp3) is 0.118. The van der Waals surface area contributed by atoms with Gasteiger partial charge < -0.3 is 10.6 Å². The first-order chi connectivity index (χ1) is 14.6. The number of sulfonamides is 1. The minimum Gasteiger partial charge on any atom is -0.366 e. The Kier molecular flexibility index (Phi) is 10.0. The fourth-order valence-corrected chi connectivity index (χ4v) is 4.61. The normalized spacial score (nSPS) is 12.1. The average molecular weight is 545 g/mol. The van der Waals surface area contributed by atoms with E-state index in [2.05, 4.69) is 15.4 Å². The predicted octanol–water partition coefficient (Wildman–Crippen LogP) is -1.36. The Bertz CT molecular complexity index is 1410. The van der Waals surface area contributed by atoms with E-state index in [1.54, 1.807) is 7.05 Å². The molecule has 0 aliphatic heterocycles. The van der Waals surface area contributed by atoms with Crippen molar-refractivity contribution in [3.05, 3.63) is 47.5 Å². The molecular weight excluding hydrogens is 525 g/mol. The number of hydrogen-bond donors (Lipinski definition) is 5. The molecule has 0 heterocycles. The molecule has 0 amide bonds. The third-order valence-corrected chi connectivity index (χ3v) is 6.54. The van der Waals surface area contributed by atoms with Gasteiger partial charge in [-0.1, -0.05) is 24.3 Å². The van der Waals surface area contributed by atoms with Crippen LogP contribution in [0.25, 0.3) is 12.2 Å². The second-order valence-corrected chi connectivity index (χ2v) is 11.3. The first-order valence-corrected chi connectivity index (χ1v) is 13.7. The van der Waals surface area contributed by atoms with Gasteiger partial charge in [0.05, 0.1) is 6.26 Å². The molecule has 5 N–H and O–H groups in total. The molecule has 11 nitrogen and oxygen atoms in total. The van der Waals surface area contributed by atoms with Crippen molar-refractivity contribution >= 4 is 71.1 Å². The molecule has 0 saturated carbocycles. The SMILES string of the molecule is CNC(=S)Nc1ccc(/C=C/c2ccc(NS(C)(=O)=O)cc2S(=O)(=O)O)c(S(=O)(=O)O)c1.[Na+]. The van der Waals surface area contributed by atoms with Crippen molar-refractivity contribution in [3.63, 3.8) is 0 Å². The maximum absolute atomic E-state index is 11.8. The zero-order valence-corrected chi connectivity index (χ0v) is 22.9. The summed E-state index contributed by atoms with van der Waals surface area (Å²) < 4.78 is 91.1. The second-order valence-electron chi connectivity index (χ2n) is 6.37. The van der Waals surface area contributed by atoms with E-state index in [9.17, 15) is 34.4 Å². The summed E-state index contributed by atoms with van der Waals surface area (Å²) >= 11 is 4.94. The molecule has 0 spiro atoms. The second kappa shape index (κ2) is 11.2. The van der Waals surface area contributed by atoms with Crippen LogP contribution in [-0.2, 0) is 30.3 Å². The van der Waals surface area contributed by atoms with E-state index in [0.717, 1.165) is 18.4 Å². The summed E-state index contributed by atoms with van der Waals surface area (Å²) in [5.74, 6) is 0. The Morgan fingerprint density at radius 3 is 1.67 bits per heavy atom. The molecule has 0 aromatic heterocycles. The van der Waals surface area contributed by atoms with Crippen LogP contribution in [0.15, 0.2) is 46.2 Å². The maximum Gasteiger partial charge on any atom is 1.00 e. The van der Waals surface area contributed by atoms with Crippen LogP contribution in [0.4, 0.5) is 11.4 Å². The molecule has 2 aromatic carbocycles. The molecule has 2 aromatic rings. The van der Waals surface area contributed by atoms with Crippen molar-refractivity contribution in [2.24, 2.45) is 0 Å². The van der Waals surface area contributed by atoms with Crippen LogP contribution in [0.2, 0.25) is 0 Å². The first kappa shape index (κ1) is 29.5. The van der Waals surface area contributed by atoms with E-state index < -0.39 is 40.1 Å². The van der Waals surface area contributed by atoms with Crippen molar-refractivity contribution in [2.45, 2.75) is 9.79 Å². The molecule has 0 unspecified atom stereocenters. The summed E-state index contributed by atoms with van der Waals surface area (Å²) in [5, 5.41) is 5.56. The van der Waals surface area contributed by atoms with Gasteiger partial charge in [-0.25, -0.2) is 8.42 Å². The first-order valence-electron chi connectivity index (χ1n) is 8.48. The molecule has 0 radical (unpaired) electrons. The van der Waals surface area contributed by atoms with Gasteiger partial charge >= 0.3 is 29.6 Å². The van der Waals surface area contributed by atoms with Gasteiger partial charge in [-0.15, -0.1) is 0 Å². The van der Waals surface area contributed by atoms with Crippen molar-refractivity contribution in [2.75, 3.05) is 23.3 Å². The summed E-state index contributed by atoms with van der Waals surface area (Å²) in [6.07, 6.45) is 3.26. The topological polar surface area (TPSA) is 179 Å². The Morgan fingerprint density at radius 1 is 0.848 bits per heavy atom. The van der Waals surface area contributed by atoms with Crippen molar-refractivity contribution in [1.29, 1.82) is 0 Å². The summed E-state index contributed by atoms with van der Waals surface area (Å²) in [7, 11) is -11.6. The Hall–Kier alpha value is -1.56. The molecule has 0 atom stereocenters. The molecule has 0 aliphatic rings. The molecule has 33 heavy (non-hydrogen) atoms. The summed E-state index contributed by atoms with van der Waals surface area (Å²) in [4.78, 5) is -1.10. The van der Waals surface area contributed by atoms with Gasteiger partial charge in [0, 0.05) is 18.4 Å². The quantitative estimate of drug-likeness (QED) is 0.120. The van der Waals surface area contributed by atoms with Crippen molar-refractivity contribution in [1.82, 2.24) is 5.32 Å².